The van der Waals surface area contributed by atoms with Crippen molar-refractivity contribution in [3.05, 3.63) is 28.8 Å². The van der Waals surface area contributed by atoms with E-state index < -0.39 is 0 Å². The molecule has 0 amide bonds. The van der Waals surface area contributed by atoms with Gasteiger partial charge in [0.1, 0.15) is 5.75 Å². The minimum atomic E-state index is 0.306. The molecule has 110 valence electrons. The van der Waals surface area contributed by atoms with Crippen LogP contribution in [0, 0.1) is 19.8 Å². The van der Waals surface area contributed by atoms with Crippen LogP contribution in [-0.4, -0.2) is 12.9 Å². The highest BCUT2D eigenvalue weighted by Crippen LogP contribution is 2.29. The Morgan fingerprint density at radius 3 is 2.35 bits per heavy atom. The Hall–Kier alpha value is -1.31. The normalized spacial score (nSPS) is 16.8. The van der Waals surface area contributed by atoms with Crippen molar-refractivity contribution in [3.63, 3.8) is 0 Å². The first-order valence-electron chi connectivity index (χ1n) is 7.80. The number of ketones is 1. The van der Waals surface area contributed by atoms with Crippen molar-refractivity contribution in [2.45, 2.75) is 58.8 Å². The molecule has 0 saturated heterocycles. The molecule has 0 radical (unpaired) electrons. The Balaban J connectivity index is 2.10. The molecule has 0 atom stereocenters. The van der Waals surface area contributed by atoms with Gasteiger partial charge in [-0.3, -0.25) is 4.79 Å². The van der Waals surface area contributed by atoms with E-state index in [0.717, 1.165) is 22.4 Å². The molecule has 1 aliphatic carbocycles. The summed E-state index contributed by atoms with van der Waals surface area (Å²) >= 11 is 0. The lowest BCUT2D eigenvalue weighted by Gasteiger charge is -2.15. The first kappa shape index (κ1) is 15.1. The van der Waals surface area contributed by atoms with E-state index in [-0.39, 0.29) is 0 Å². The molecular formula is C18H26O2. The van der Waals surface area contributed by atoms with Crippen molar-refractivity contribution >= 4 is 5.78 Å². The van der Waals surface area contributed by atoms with Crippen molar-refractivity contribution in [1.29, 1.82) is 0 Å². The molecule has 0 heterocycles. The maximum Gasteiger partial charge on any atom is 0.163 e. The van der Waals surface area contributed by atoms with Crippen molar-refractivity contribution in [3.8, 4) is 5.75 Å². The lowest BCUT2D eigenvalue weighted by atomic mass is 9.90. The number of rotatable bonds is 4. The molecule has 20 heavy (non-hydrogen) atoms. The molecule has 0 N–H and O–H groups in total. The van der Waals surface area contributed by atoms with Crippen LogP contribution >= 0.6 is 0 Å². The Bertz CT molecular complexity index is 469. The third kappa shape index (κ3) is 3.62. The monoisotopic (exact) mass is 274 g/mol. The van der Waals surface area contributed by atoms with Gasteiger partial charge in [-0.15, -0.1) is 0 Å². The Morgan fingerprint density at radius 1 is 1.10 bits per heavy atom. The number of aryl methyl sites for hydroxylation is 2. The molecule has 1 fully saturated rings. The summed E-state index contributed by atoms with van der Waals surface area (Å²) in [4.78, 5) is 12.6. The van der Waals surface area contributed by atoms with Gasteiger partial charge < -0.3 is 4.74 Å². The van der Waals surface area contributed by atoms with Crippen LogP contribution < -0.4 is 4.74 Å². The Labute approximate surface area is 122 Å². The molecule has 0 aromatic heterocycles. The zero-order chi connectivity index (χ0) is 14.5. The number of ether oxygens (including phenoxy) is 1. The first-order valence-corrected chi connectivity index (χ1v) is 7.80. The van der Waals surface area contributed by atoms with Crippen LogP contribution in [-0.2, 0) is 0 Å². The van der Waals surface area contributed by atoms with Gasteiger partial charge in [0.05, 0.1) is 7.11 Å². The molecule has 0 unspecified atom stereocenters. The van der Waals surface area contributed by atoms with E-state index in [1.165, 1.54) is 38.5 Å². The molecular weight excluding hydrogens is 248 g/mol. The van der Waals surface area contributed by atoms with Crippen molar-refractivity contribution in [1.82, 2.24) is 0 Å². The molecule has 2 nitrogen and oxygen atoms in total. The van der Waals surface area contributed by atoms with E-state index in [1.54, 1.807) is 7.11 Å². The van der Waals surface area contributed by atoms with E-state index in [9.17, 15) is 4.79 Å². The van der Waals surface area contributed by atoms with Gasteiger partial charge >= 0.3 is 0 Å². The highest BCUT2D eigenvalue weighted by atomic mass is 16.5. The summed E-state index contributed by atoms with van der Waals surface area (Å²) in [5.74, 6) is 1.76. The fourth-order valence-electron chi connectivity index (χ4n) is 3.25. The smallest absolute Gasteiger partial charge is 0.163 e. The Kier molecular flexibility index (Phi) is 5.22. The van der Waals surface area contributed by atoms with Crippen LogP contribution in [0.25, 0.3) is 0 Å². The molecule has 1 saturated carbocycles. The summed E-state index contributed by atoms with van der Waals surface area (Å²) in [5.41, 5.74) is 2.96. The predicted molar refractivity (Wildman–Crippen MR) is 82.6 cm³/mol. The second-order valence-corrected chi connectivity index (χ2v) is 6.12. The second kappa shape index (κ2) is 6.92. The summed E-state index contributed by atoms with van der Waals surface area (Å²) in [6.07, 6.45) is 8.42. The van der Waals surface area contributed by atoms with Crippen LogP contribution in [0.4, 0.5) is 0 Å². The first-order chi connectivity index (χ1) is 9.61. The van der Waals surface area contributed by atoms with Gasteiger partial charge in [0.25, 0.3) is 0 Å². The van der Waals surface area contributed by atoms with Crippen molar-refractivity contribution in [2.75, 3.05) is 7.11 Å². The SMILES string of the molecule is COc1cc(C)c(C(=O)CC2CCCCCC2)cc1C. The van der Waals surface area contributed by atoms with Crippen LogP contribution in [0.1, 0.15) is 66.4 Å². The standard InChI is InChI=1S/C18H26O2/c1-13-11-18(20-3)14(2)10-16(13)17(19)12-15-8-6-4-5-7-9-15/h10-11,15H,4-9,12H2,1-3H3. The summed E-state index contributed by atoms with van der Waals surface area (Å²) < 4.78 is 5.32. The van der Waals surface area contributed by atoms with E-state index in [0.29, 0.717) is 18.1 Å². The highest BCUT2D eigenvalue weighted by molar-refractivity contribution is 5.98. The lowest BCUT2D eigenvalue weighted by molar-refractivity contribution is 0.0956. The minimum Gasteiger partial charge on any atom is -0.496 e. The summed E-state index contributed by atoms with van der Waals surface area (Å²) in [6, 6.07) is 3.98. The molecule has 0 spiro atoms. The van der Waals surface area contributed by atoms with Crippen LogP contribution in [0.5, 0.6) is 5.75 Å². The third-order valence-electron chi connectivity index (χ3n) is 4.49. The molecule has 0 bridgehead atoms. The molecule has 2 heteroatoms. The van der Waals surface area contributed by atoms with Crippen LogP contribution in [0.15, 0.2) is 12.1 Å². The largest absolute Gasteiger partial charge is 0.496 e. The average molecular weight is 274 g/mol. The van der Waals surface area contributed by atoms with Gasteiger partial charge in [-0.1, -0.05) is 38.5 Å². The maximum atomic E-state index is 12.6. The number of hydrogen-bond acceptors (Lipinski definition) is 2. The quantitative estimate of drug-likeness (QED) is 0.579. The summed E-state index contributed by atoms with van der Waals surface area (Å²) in [5, 5.41) is 0. The van der Waals surface area contributed by atoms with Gasteiger partial charge in [-0.25, -0.2) is 0 Å². The van der Waals surface area contributed by atoms with Gasteiger partial charge in [0.15, 0.2) is 5.78 Å². The Morgan fingerprint density at radius 2 is 1.75 bits per heavy atom. The topological polar surface area (TPSA) is 26.3 Å². The van der Waals surface area contributed by atoms with Gasteiger partial charge in [-0.2, -0.15) is 0 Å². The van der Waals surface area contributed by atoms with E-state index in [2.05, 4.69) is 0 Å². The average Bonchev–Trinajstić information content (AvgIpc) is 2.69. The molecule has 1 aliphatic rings. The number of hydrogen-bond donors (Lipinski definition) is 0. The fraction of sp³-hybridized carbons (Fsp3) is 0.611. The molecule has 1 aromatic carbocycles. The molecule has 0 aliphatic heterocycles. The van der Waals surface area contributed by atoms with Gasteiger partial charge in [0.2, 0.25) is 0 Å². The lowest BCUT2D eigenvalue weighted by Crippen LogP contribution is -2.10. The number of carbonyl (C=O) groups excluding carboxylic acids is 1. The van der Waals surface area contributed by atoms with Crippen molar-refractivity contribution < 1.29 is 9.53 Å². The minimum absolute atomic E-state index is 0.306. The number of carbonyl (C=O) groups is 1. The summed E-state index contributed by atoms with van der Waals surface area (Å²) in [7, 11) is 1.68. The van der Waals surface area contributed by atoms with Crippen molar-refractivity contribution in [2.24, 2.45) is 5.92 Å². The van der Waals surface area contributed by atoms with Gasteiger partial charge in [-0.05, 0) is 43.0 Å². The van der Waals surface area contributed by atoms with E-state index in [4.69, 9.17) is 4.74 Å². The number of methoxy groups -OCH3 is 1. The molecule has 2 rings (SSSR count). The second-order valence-electron chi connectivity index (χ2n) is 6.12. The summed E-state index contributed by atoms with van der Waals surface area (Å²) in [6.45, 7) is 4.00. The van der Waals surface area contributed by atoms with Crippen LogP contribution in [0.3, 0.4) is 0 Å². The third-order valence-corrected chi connectivity index (χ3v) is 4.49. The zero-order valence-electron chi connectivity index (χ0n) is 13.0. The highest BCUT2D eigenvalue weighted by Gasteiger charge is 2.19. The predicted octanol–water partition coefficient (Wildman–Crippen LogP) is 4.86. The van der Waals surface area contributed by atoms with Gasteiger partial charge in [0, 0.05) is 12.0 Å². The van der Waals surface area contributed by atoms with Crippen LogP contribution in [0.2, 0.25) is 0 Å². The zero-order valence-corrected chi connectivity index (χ0v) is 13.0. The fourth-order valence-corrected chi connectivity index (χ4v) is 3.25. The molecule has 1 aromatic rings. The number of Topliss-reactive ketones (excluding diaryl/α,β-unsaturated/α-hetero) is 1. The van der Waals surface area contributed by atoms with E-state index in [1.807, 2.05) is 26.0 Å². The number of benzene rings is 1. The van der Waals surface area contributed by atoms with E-state index >= 15 is 0 Å². The maximum absolute atomic E-state index is 12.6.